The Hall–Kier alpha value is -3.62. The number of rotatable bonds is 4. The second-order valence-electron chi connectivity index (χ2n) is 7.18. The van der Waals surface area contributed by atoms with E-state index in [0.717, 1.165) is 29.7 Å². The van der Waals surface area contributed by atoms with Gasteiger partial charge in [-0.05, 0) is 49.2 Å². The molecule has 31 heavy (non-hydrogen) atoms. The number of hydrogen-bond acceptors (Lipinski definition) is 4. The van der Waals surface area contributed by atoms with Crippen molar-refractivity contribution in [3.8, 4) is 5.69 Å². The Bertz CT molecular complexity index is 1150. The molecule has 4 rings (SSSR count). The van der Waals surface area contributed by atoms with Crippen molar-refractivity contribution in [3.05, 3.63) is 82.3 Å². The van der Waals surface area contributed by atoms with Crippen LogP contribution in [0.3, 0.4) is 0 Å². The van der Waals surface area contributed by atoms with Gasteiger partial charge in [0.05, 0.1) is 22.6 Å². The van der Waals surface area contributed by atoms with E-state index >= 15 is 0 Å². The fourth-order valence-electron chi connectivity index (χ4n) is 3.52. The molecule has 3 aromatic rings. The Morgan fingerprint density at radius 2 is 1.68 bits per heavy atom. The van der Waals surface area contributed by atoms with Crippen LogP contribution in [0.5, 0.6) is 0 Å². The molecular weight excluding hydrogens is 409 g/mol. The first-order chi connectivity index (χ1) is 14.8. The average molecular weight is 428 g/mol. The van der Waals surface area contributed by atoms with E-state index in [2.05, 4.69) is 10.4 Å². The van der Waals surface area contributed by atoms with Gasteiger partial charge in [-0.3, -0.25) is 9.59 Å². The Morgan fingerprint density at radius 1 is 0.968 bits per heavy atom. The minimum Gasteiger partial charge on any atom is -0.370 e. The van der Waals surface area contributed by atoms with E-state index < -0.39 is 23.2 Å². The maximum atomic E-state index is 13.2. The molecule has 2 heterocycles. The summed E-state index contributed by atoms with van der Waals surface area (Å²) in [6, 6.07) is 14.3. The highest BCUT2D eigenvalue weighted by Crippen LogP contribution is 2.36. The van der Waals surface area contributed by atoms with Crippen molar-refractivity contribution >= 4 is 17.3 Å². The van der Waals surface area contributed by atoms with Gasteiger partial charge < -0.3 is 10.2 Å². The molecule has 9 heteroatoms. The molecule has 0 radical (unpaired) electrons. The number of alkyl halides is 3. The van der Waals surface area contributed by atoms with Gasteiger partial charge in [0, 0.05) is 19.2 Å². The van der Waals surface area contributed by atoms with Crippen LogP contribution in [-0.2, 0) is 6.18 Å². The lowest BCUT2D eigenvalue weighted by atomic mass is 10.1. The molecule has 1 N–H and O–H groups in total. The lowest BCUT2D eigenvalue weighted by molar-refractivity contribution is -0.137. The van der Waals surface area contributed by atoms with E-state index in [-0.39, 0.29) is 11.4 Å². The fourth-order valence-corrected chi connectivity index (χ4v) is 3.52. The largest absolute Gasteiger partial charge is 0.416 e. The van der Waals surface area contributed by atoms with Gasteiger partial charge in [0.1, 0.15) is 5.69 Å². The van der Waals surface area contributed by atoms with Crippen molar-refractivity contribution in [3.63, 3.8) is 0 Å². The van der Waals surface area contributed by atoms with Gasteiger partial charge in [-0.25, -0.2) is 0 Å². The summed E-state index contributed by atoms with van der Waals surface area (Å²) in [5, 5.41) is 6.65. The molecule has 1 saturated heterocycles. The molecule has 1 aromatic heterocycles. The third kappa shape index (κ3) is 4.45. The number of hydrogen-bond donors (Lipinski definition) is 1. The lowest BCUT2D eigenvalue weighted by Gasteiger charge is -2.23. The molecule has 160 valence electrons. The number of aromatic nitrogens is 2. The van der Waals surface area contributed by atoms with Gasteiger partial charge in [0.15, 0.2) is 0 Å². The number of anilines is 2. The molecule has 1 aliphatic heterocycles. The molecule has 1 amide bonds. The first-order valence-electron chi connectivity index (χ1n) is 9.76. The summed E-state index contributed by atoms with van der Waals surface area (Å²) in [6.45, 7) is 1.40. The summed E-state index contributed by atoms with van der Waals surface area (Å²) in [5.74, 6) is -0.704. The van der Waals surface area contributed by atoms with E-state index in [9.17, 15) is 22.8 Å². The summed E-state index contributed by atoms with van der Waals surface area (Å²) in [4.78, 5) is 27.0. The lowest BCUT2D eigenvalue weighted by Crippen LogP contribution is -2.26. The maximum Gasteiger partial charge on any atom is 0.416 e. The smallest absolute Gasteiger partial charge is 0.370 e. The minimum atomic E-state index is -4.54. The summed E-state index contributed by atoms with van der Waals surface area (Å²) >= 11 is 0. The average Bonchev–Trinajstić information content (AvgIpc) is 3.28. The molecular formula is C22H19F3N4O2. The number of nitrogens with zero attached hydrogens (tertiary/aromatic N) is 3. The van der Waals surface area contributed by atoms with Crippen LogP contribution in [0.1, 0.15) is 28.9 Å². The molecule has 6 nitrogen and oxygen atoms in total. The molecule has 2 aromatic carbocycles. The predicted octanol–water partition coefficient (Wildman–Crippen LogP) is 4.10. The highest BCUT2D eigenvalue weighted by Gasteiger charge is 2.32. The number of para-hydroxylation sites is 1. The Labute approximate surface area is 175 Å². The zero-order chi connectivity index (χ0) is 22.0. The molecule has 0 aliphatic carbocycles. The molecule has 1 aliphatic rings. The van der Waals surface area contributed by atoms with Gasteiger partial charge >= 0.3 is 6.18 Å². The number of carbonyl (C=O) groups excluding carboxylic acids is 1. The van der Waals surface area contributed by atoms with Crippen LogP contribution in [0.2, 0.25) is 0 Å². The molecule has 0 bridgehead atoms. The number of nitrogens with one attached hydrogen (secondary N) is 1. The molecule has 0 atom stereocenters. The van der Waals surface area contributed by atoms with E-state index in [1.54, 1.807) is 30.3 Å². The molecule has 0 unspecified atom stereocenters. The van der Waals surface area contributed by atoms with Crippen molar-refractivity contribution in [2.75, 3.05) is 23.3 Å². The van der Waals surface area contributed by atoms with Gasteiger partial charge in [-0.15, -0.1) is 0 Å². The summed E-state index contributed by atoms with van der Waals surface area (Å²) in [5.41, 5.74) is -0.323. The van der Waals surface area contributed by atoms with Crippen molar-refractivity contribution in [1.82, 2.24) is 9.78 Å². The second-order valence-corrected chi connectivity index (χ2v) is 7.18. The topological polar surface area (TPSA) is 67.2 Å². The van der Waals surface area contributed by atoms with E-state index in [1.165, 1.54) is 18.2 Å². The number of benzene rings is 2. The SMILES string of the molecule is O=C(Nc1cc(C(F)(F)F)ccc1N1CCCC1)c1ccc(=O)n(-c2ccccc2)n1. The molecule has 1 fully saturated rings. The summed E-state index contributed by atoms with van der Waals surface area (Å²) in [7, 11) is 0. The van der Waals surface area contributed by atoms with Crippen LogP contribution in [0, 0.1) is 0 Å². The highest BCUT2D eigenvalue weighted by atomic mass is 19.4. The van der Waals surface area contributed by atoms with E-state index in [0.29, 0.717) is 24.5 Å². The third-order valence-corrected chi connectivity index (χ3v) is 5.05. The van der Waals surface area contributed by atoms with Gasteiger partial charge in [0.2, 0.25) is 0 Å². The Morgan fingerprint density at radius 3 is 2.35 bits per heavy atom. The fraction of sp³-hybridized carbons (Fsp3) is 0.227. The van der Waals surface area contributed by atoms with Gasteiger partial charge in [0.25, 0.3) is 11.5 Å². The quantitative estimate of drug-likeness (QED) is 0.679. The molecule has 0 saturated carbocycles. The van der Waals surface area contributed by atoms with Crippen LogP contribution in [0.25, 0.3) is 5.69 Å². The maximum absolute atomic E-state index is 13.2. The monoisotopic (exact) mass is 428 g/mol. The first-order valence-corrected chi connectivity index (χ1v) is 9.76. The van der Waals surface area contributed by atoms with Crippen molar-refractivity contribution in [2.24, 2.45) is 0 Å². The first kappa shape index (κ1) is 20.6. The van der Waals surface area contributed by atoms with Crippen LogP contribution in [0.4, 0.5) is 24.5 Å². The van der Waals surface area contributed by atoms with Crippen LogP contribution in [0.15, 0.2) is 65.5 Å². The zero-order valence-corrected chi connectivity index (χ0v) is 16.4. The van der Waals surface area contributed by atoms with Crippen LogP contribution in [-0.4, -0.2) is 28.8 Å². The normalized spacial score (nSPS) is 14.0. The predicted molar refractivity (Wildman–Crippen MR) is 111 cm³/mol. The second kappa shape index (κ2) is 8.25. The Balaban J connectivity index is 1.69. The van der Waals surface area contributed by atoms with Crippen molar-refractivity contribution in [1.29, 1.82) is 0 Å². The number of amides is 1. The Kier molecular flexibility index (Phi) is 5.50. The van der Waals surface area contributed by atoms with Crippen molar-refractivity contribution < 1.29 is 18.0 Å². The summed E-state index contributed by atoms with van der Waals surface area (Å²) < 4.78 is 40.8. The van der Waals surface area contributed by atoms with Crippen LogP contribution < -0.4 is 15.8 Å². The van der Waals surface area contributed by atoms with E-state index in [4.69, 9.17) is 0 Å². The molecule has 0 spiro atoms. The van der Waals surface area contributed by atoms with Crippen molar-refractivity contribution in [2.45, 2.75) is 19.0 Å². The number of halogens is 3. The highest BCUT2D eigenvalue weighted by molar-refractivity contribution is 6.04. The number of carbonyl (C=O) groups is 1. The standard InChI is InChI=1S/C22H19F3N4O2/c23-22(24,25)15-8-10-19(28-12-4-5-13-28)18(14-15)26-21(31)17-9-11-20(30)29(27-17)16-6-2-1-3-7-16/h1-3,6-11,14H,4-5,12-13H2,(H,26,31). The summed E-state index contributed by atoms with van der Waals surface area (Å²) in [6.07, 6.45) is -2.68. The van der Waals surface area contributed by atoms with Crippen LogP contribution >= 0.6 is 0 Å². The van der Waals surface area contributed by atoms with E-state index in [1.807, 2.05) is 4.90 Å². The van der Waals surface area contributed by atoms with Gasteiger partial charge in [-0.2, -0.15) is 23.0 Å². The zero-order valence-electron chi connectivity index (χ0n) is 16.4. The van der Waals surface area contributed by atoms with Gasteiger partial charge in [-0.1, -0.05) is 18.2 Å². The third-order valence-electron chi connectivity index (χ3n) is 5.05. The minimum absolute atomic E-state index is 0.0565.